The third-order valence-corrected chi connectivity index (χ3v) is 7.06. The number of aliphatic hydroxyl groups is 1. The Balaban J connectivity index is 1.13. The fourth-order valence-electron chi connectivity index (χ4n) is 4.97. The topological polar surface area (TPSA) is 74.7 Å². The van der Waals surface area contributed by atoms with Gasteiger partial charge in [-0.15, -0.1) is 0 Å². The zero-order chi connectivity index (χ0) is 26.3. The molecule has 1 unspecified atom stereocenters. The van der Waals surface area contributed by atoms with Gasteiger partial charge in [0.05, 0.1) is 12.8 Å². The molecular weight excluding hydrogens is 482 g/mol. The monoisotopic (exact) mass is 517 g/mol. The summed E-state index contributed by atoms with van der Waals surface area (Å²) in [5, 5.41) is 12.1. The van der Waals surface area contributed by atoms with Crippen LogP contribution in [0, 0.1) is 0 Å². The number of hydrogen-bond donors (Lipinski definition) is 1. The Labute approximate surface area is 223 Å². The van der Waals surface area contributed by atoms with Crippen molar-refractivity contribution in [3.8, 4) is 11.5 Å². The van der Waals surface area contributed by atoms with Gasteiger partial charge in [-0.25, -0.2) is 0 Å². The molecule has 38 heavy (non-hydrogen) atoms. The first-order valence-corrected chi connectivity index (χ1v) is 13.1. The van der Waals surface area contributed by atoms with Crippen molar-refractivity contribution in [2.75, 3.05) is 56.4 Å². The summed E-state index contributed by atoms with van der Waals surface area (Å²) >= 11 is 0. The van der Waals surface area contributed by atoms with E-state index in [1.54, 1.807) is 7.11 Å². The number of nitrogens with zero attached hydrogens (tertiary/aromatic N) is 3. The van der Waals surface area contributed by atoms with Crippen LogP contribution in [0.1, 0.15) is 17.5 Å². The van der Waals surface area contributed by atoms with E-state index >= 15 is 0 Å². The molecule has 8 nitrogen and oxygen atoms in total. The van der Waals surface area contributed by atoms with Gasteiger partial charge in [0, 0.05) is 50.4 Å². The van der Waals surface area contributed by atoms with Gasteiger partial charge in [0.25, 0.3) is 5.91 Å². The molecule has 0 bridgehead atoms. The minimum absolute atomic E-state index is 0.0700. The van der Waals surface area contributed by atoms with Crippen molar-refractivity contribution < 1.29 is 24.2 Å². The van der Waals surface area contributed by atoms with Gasteiger partial charge in [0.2, 0.25) is 0 Å². The number of carbonyl (C=O) groups excluding carboxylic acids is 1. The van der Waals surface area contributed by atoms with Crippen LogP contribution in [0.4, 0.5) is 11.4 Å². The first kappa shape index (κ1) is 26.0. The molecule has 1 fully saturated rings. The molecule has 1 atom stereocenters. The molecule has 0 aliphatic carbocycles. The number of benzene rings is 3. The maximum absolute atomic E-state index is 12.6. The lowest BCUT2D eigenvalue weighted by Crippen LogP contribution is -2.49. The SMILES string of the molecule is COc1ccc(N2CCN(CC(O)COc3cccc4c3CCC(=O)N4OCc3ccccc3)CC2)cc1. The zero-order valence-electron chi connectivity index (χ0n) is 21.8. The quantitative estimate of drug-likeness (QED) is 0.440. The van der Waals surface area contributed by atoms with Crippen LogP contribution in [0.5, 0.6) is 11.5 Å². The van der Waals surface area contributed by atoms with Crippen LogP contribution in [0.25, 0.3) is 0 Å². The summed E-state index contributed by atoms with van der Waals surface area (Å²) in [5.74, 6) is 1.47. The average Bonchev–Trinajstić information content (AvgIpc) is 2.96. The molecule has 3 aromatic carbocycles. The molecule has 8 heteroatoms. The molecule has 0 saturated carbocycles. The van der Waals surface area contributed by atoms with Gasteiger partial charge in [0.15, 0.2) is 0 Å². The second-order valence-electron chi connectivity index (χ2n) is 9.65. The third kappa shape index (κ3) is 6.27. The largest absolute Gasteiger partial charge is 0.497 e. The lowest BCUT2D eigenvalue weighted by Gasteiger charge is -2.37. The van der Waals surface area contributed by atoms with Crippen molar-refractivity contribution >= 4 is 17.3 Å². The number of amides is 1. The molecule has 2 aliphatic rings. The summed E-state index contributed by atoms with van der Waals surface area (Å²) in [5.41, 5.74) is 3.82. The van der Waals surface area contributed by atoms with Gasteiger partial charge in [-0.2, -0.15) is 5.06 Å². The van der Waals surface area contributed by atoms with E-state index in [9.17, 15) is 9.90 Å². The molecule has 0 radical (unpaired) electrons. The molecule has 3 aromatic rings. The number of β-amino-alcohol motifs (C(OH)–C–C–N with tert-alkyl or cyclic N) is 1. The second-order valence-corrected chi connectivity index (χ2v) is 9.65. The Morgan fingerprint density at radius 1 is 0.895 bits per heavy atom. The number of carbonyl (C=O) groups is 1. The van der Waals surface area contributed by atoms with Crippen LogP contribution >= 0.6 is 0 Å². The highest BCUT2D eigenvalue weighted by Crippen LogP contribution is 2.35. The van der Waals surface area contributed by atoms with E-state index in [4.69, 9.17) is 14.3 Å². The first-order chi connectivity index (χ1) is 18.6. The Kier molecular flexibility index (Phi) is 8.43. The van der Waals surface area contributed by atoms with E-state index in [0.717, 1.165) is 43.1 Å². The van der Waals surface area contributed by atoms with E-state index in [1.807, 2.05) is 60.7 Å². The molecule has 1 amide bonds. The maximum atomic E-state index is 12.6. The van der Waals surface area contributed by atoms with E-state index < -0.39 is 6.10 Å². The molecular formula is C30H35N3O5. The number of methoxy groups -OCH3 is 1. The van der Waals surface area contributed by atoms with Crippen LogP contribution in [0.2, 0.25) is 0 Å². The van der Waals surface area contributed by atoms with Crippen molar-refractivity contribution in [1.82, 2.24) is 4.90 Å². The van der Waals surface area contributed by atoms with Gasteiger partial charge in [-0.1, -0.05) is 36.4 Å². The van der Waals surface area contributed by atoms with Gasteiger partial charge >= 0.3 is 0 Å². The summed E-state index contributed by atoms with van der Waals surface area (Å²) in [6.07, 6.45) is 0.316. The van der Waals surface area contributed by atoms with E-state index in [-0.39, 0.29) is 12.5 Å². The van der Waals surface area contributed by atoms with Gasteiger partial charge in [0.1, 0.15) is 30.8 Å². The summed E-state index contributed by atoms with van der Waals surface area (Å²) in [6.45, 7) is 4.60. The number of aliphatic hydroxyl groups excluding tert-OH is 1. The average molecular weight is 518 g/mol. The Morgan fingerprint density at radius 2 is 1.66 bits per heavy atom. The minimum Gasteiger partial charge on any atom is -0.497 e. The molecule has 2 heterocycles. The number of hydrogen-bond acceptors (Lipinski definition) is 7. The number of fused-ring (bicyclic) bond motifs is 1. The van der Waals surface area contributed by atoms with Crippen molar-refractivity contribution in [1.29, 1.82) is 0 Å². The first-order valence-electron chi connectivity index (χ1n) is 13.1. The number of rotatable bonds is 10. The Hall–Kier alpha value is -3.59. The van der Waals surface area contributed by atoms with Crippen molar-refractivity contribution in [2.45, 2.75) is 25.6 Å². The maximum Gasteiger partial charge on any atom is 0.251 e. The number of ether oxygens (including phenoxy) is 2. The summed E-state index contributed by atoms with van der Waals surface area (Å²) in [7, 11) is 1.67. The highest BCUT2D eigenvalue weighted by atomic mass is 16.7. The summed E-state index contributed by atoms with van der Waals surface area (Å²) < 4.78 is 11.3. The Bertz CT molecular complexity index is 1200. The van der Waals surface area contributed by atoms with Crippen LogP contribution in [0.15, 0.2) is 72.8 Å². The zero-order valence-corrected chi connectivity index (χ0v) is 21.8. The highest BCUT2D eigenvalue weighted by Gasteiger charge is 2.28. The summed E-state index contributed by atoms with van der Waals surface area (Å²) in [6, 6.07) is 23.5. The lowest BCUT2D eigenvalue weighted by atomic mass is 10.0. The fourth-order valence-corrected chi connectivity index (χ4v) is 4.97. The van der Waals surface area contributed by atoms with Crippen LogP contribution < -0.4 is 19.4 Å². The van der Waals surface area contributed by atoms with E-state index in [0.29, 0.717) is 37.4 Å². The Morgan fingerprint density at radius 3 is 2.39 bits per heavy atom. The molecule has 0 aromatic heterocycles. The number of anilines is 2. The molecule has 1 saturated heterocycles. The molecule has 0 spiro atoms. The van der Waals surface area contributed by atoms with Crippen molar-refractivity contribution in [3.05, 3.63) is 83.9 Å². The fraction of sp³-hybridized carbons (Fsp3) is 0.367. The number of hydroxylamine groups is 1. The highest BCUT2D eigenvalue weighted by molar-refractivity contribution is 5.95. The number of piperazine rings is 1. The van der Waals surface area contributed by atoms with Crippen LogP contribution in [0.3, 0.4) is 0 Å². The van der Waals surface area contributed by atoms with Crippen molar-refractivity contribution in [2.24, 2.45) is 0 Å². The smallest absolute Gasteiger partial charge is 0.251 e. The predicted molar refractivity (Wildman–Crippen MR) is 147 cm³/mol. The molecule has 200 valence electrons. The third-order valence-electron chi connectivity index (χ3n) is 7.06. The van der Waals surface area contributed by atoms with Crippen LogP contribution in [-0.4, -0.2) is 68.5 Å². The van der Waals surface area contributed by atoms with Gasteiger partial charge in [-0.05, 0) is 48.4 Å². The standard InChI is InChI=1S/C30H35N3O5/c1-36-26-12-10-24(11-13-26)32-18-16-31(17-19-32)20-25(34)22-37-29-9-5-8-28-27(29)14-15-30(35)33(28)38-21-23-6-3-2-4-7-23/h2-13,25,34H,14-22H2,1H3. The van der Waals surface area contributed by atoms with E-state index in [1.165, 1.54) is 10.8 Å². The van der Waals surface area contributed by atoms with Gasteiger partial charge < -0.3 is 19.5 Å². The lowest BCUT2D eigenvalue weighted by molar-refractivity contribution is -0.127. The minimum atomic E-state index is -0.617. The second kappa shape index (κ2) is 12.3. The van der Waals surface area contributed by atoms with Crippen LogP contribution in [-0.2, 0) is 22.7 Å². The normalized spacial score (nSPS) is 16.7. The van der Waals surface area contributed by atoms with E-state index in [2.05, 4.69) is 21.9 Å². The molecule has 1 N–H and O–H groups in total. The van der Waals surface area contributed by atoms with Crippen molar-refractivity contribution in [3.63, 3.8) is 0 Å². The molecule has 2 aliphatic heterocycles. The summed E-state index contributed by atoms with van der Waals surface area (Å²) in [4.78, 5) is 23.1. The van der Waals surface area contributed by atoms with Gasteiger partial charge in [-0.3, -0.25) is 14.5 Å². The predicted octanol–water partition coefficient (Wildman–Crippen LogP) is 3.67. The molecule has 5 rings (SSSR count).